The molecule has 0 spiro atoms. The number of nitrogens with zero attached hydrogens (tertiary/aromatic N) is 3. The lowest BCUT2D eigenvalue weighted by molar-refractivity contribution is -0.123. The molecule has 3 rings (SSSR count). The van der Waals surface area contributed by atoms with E-state index in [0.717, 1.165) is 38.5 Å². The first-order valence-electron chi connectivity index (χ1n) is 9.72. The Morgan fingerprint density at radius 3 is 2.35 bits per heavy atom. The minimum absolute atomic E-state index is 0.235. The van der Waals surface area contributed by atoms with Crippen LogP contribution < -0.4 is 5.32 Å². The summed E-state index contributed by atoms with van der Waals surface area (Å²) in [4.78, 5) is 19.8. The van der Waals surface area contributed by atoms with Crippen molar-refractivity contribution in [3.05, 3.63) is 0 Å². The first-order chi connectivity index (χ1) is 11.2. The predicted molar refractivity (Wildman–Crippen MR) is 93.5 cm³/mol. The topological polar surface area (TPSA) is 38.8 Å². The van der Waals surface area contributed by atoms with Gasteiger partial charge >= 0.3 is 0 Å². The Labute approximate surface area is 141 Å². The molecule has 1 N–H and O–H groups in total. The Hall–Kier alpha value is -0.650. The highest BCUT2D eigenvalue weighted by molar-refractivity contribution is 5.78. The summed E-state index contributed by atoms with van der Waals surface area (Å²) in [6, 6.07) is 1.27. The summed E-state index contributed by atoms with van der Waals surface area (Å²) >= 11 is 0. The first kappa shape index (κ1) is 17.2. The fraction of sp³-hybridized carbons (Fsp3) is 0.944. The van der Waals surface area contributed by atoms with Gasteiger partial charge in [-0.1, -0.05) is 6.92 Å². The van der Waals surface area contributed by atoms with Crippen molar-refractivity contribution in [2.45, 2.75) is 57.5 Å². The van der Waals surface area contributed by atoms with Crippen LogP contribution in [0.25, 0.3) is 0 Å². The molecule has 0 aromatic heterocycles. The Morgan fingerprint density at radius 2 is 1.65 bits per heavy atom. The maximum Gasteiger partial charge on any atom is 0.234 e. The van der Waals surface area contributed by atoms with Crippen LogP contribution in [0.5, 0.6) is 0 Å². The lowest BCUT2D eigenvalue weighted by atomic mass is 10.0. The standard InChI is InChI=1S/C18H34N4O/c1-2-8-20-9-3-10-21(14-13-20)15-18(23)19-16-6-11-22(12-7-16)17-4-5-17/h16-17H,2-15H2,1H3,(H,19,23). The Kier molecular flexibility index (Phi) is 6.31. The minimum Gasteiger partial charge on any atom is -0.352 e. The molecule has 3 fully saturated rings. The summed E-state index contributed by atoms with van der Waals surface area (Å²) in [5.74, 6) is 0.235. The largest absolute Gasteiger partial charge is 0.352 e. The molecule has 2 aliphatic heterocycles. The van der Waals surface area contributed by atoms with Crippen LogP contribution in [0.4, 0.5) is 0 Å². The van der Waals surface area contributed by atoms with Gasteiger partial charge in [0.05, 0.1) is 6.54 Å². The third-order valence-electron chi connectivity index (χ3n) is 5.55. The fourth-order valence-electron chi connectivity index (χ4n) is 4.05. The lowest BCUT2D eigenvalue weighted by Crippen LogP contribution is -2.48. The second-order valence-electron chi connectivity index (χ2n) is 7.58. The molecule has 132 valence electrons. The number of rotatable bonds is 6. The van der Waals surface area contributed by atoms with Crippen molar-refractivity contribution in [1.29, 1.82) is 0 Å². The van der Waals surface area contributed by atoms with E-state index in [1.165, 1.54) is 51.9 Å². The molecule has 1 saturated carbocycles. The quantitative estimate of drug-likeness (QED) is 0.796. The molecule has 2 heterocycles. The van der Waals surface area contributed by atoms with Crippen molar-refractivity contribution < 1.29 is 4.79 Å². The molecule has 1 amide bonds. The smallest absolute Gasteiger partial charge is 0.234 e. The molecule has 0 aromatic rings. The van der Waals surface area contributed by atoms with E-state index >= 15 is 0 Å². The van der Waals surface area contributed by atoms with Gasteiger partial charge in [-0.15, -0.1) is 0 Å². The average Bonchev–Trinajstić information content (AvgIpc) is 3.37. The maximum absolute atomic E-state index is 12.3. The Balaban J connectivity index is 1.34. The second kappa shape index (κ2) is 8.45. The third-order valence-corrected chi connectivity index (χ3v) is 5.55. The highest BCUT2D eigenvalue weighted by Gasteiger charge is 2.32. The van der Waals surface area contributed by atoms with E-state index in [2.05, 4.69) is 26.9 Å². The zero-order chi connectivity index (χ0) is 16.1. The number of hydrogen-bond acceptors (Lipinski definition) is 4. The number of hydrogen-bond donors (Lipinski definition) is 1. The molecule has 3 aliphatic rings. The Bertz CT molecular complexity index is 377. The first-order valence-corrected chi connectivity index (χ1v) is 9.72. The van der Waals surface area contributed by atoms with Crippen LogP contribution in [0, 0.1) is 0 Å². The zero-order valence-electron chi connectivity index (χ0n) is 14.8. The summed E-state index contributed by atoms with van der Waals surface area (Å²) in [5.41, 5.74) is 0. The van der Waals surface area contributed by atoms with Crippen LogP contribution in [-0.4, -0.2) is 85.0 Å². The van der Waals surface area contributed by atoms with E-state index in [0.29, 0.717) is 12.6 Å². The van der Waals surface area contributed by atoms with Gasteiger partial charge in [-0.25, -0.2) is 0 Å². The summed E-state index contributed by atoms with van der Waals surface area (Å²) in [6.07, 6.45) is 7.45. The van der Waals surface area contributed by atoms with Crippen LogP contribution in [0.15, 0.2) is 0 Å². The van der Waals surface area contributed by atoms with E-state index in [1.807, 2.05) is 0 Å². The van der Waals surface area contributed by atoms with Crippen LogP contribution >= 0.6 is 0 Å². The third kappa shape index (κ3) is 5.44. The van der Waals surface area contributed by atoms with E-state index < -0.39 is 0 Å². The van der Waals surface area contributed by atoms with Crippen LogP contribution in [0.3, 0.4) is 0 Å². The van der Waals surface area contributed by atoms with Crippen LogP contribution in [0.1, 0.15) is 45.4 Å². The van der Waals surface area contributed by atoms with Gasteiger partial charge in [0.25, 0.3) is 0 Å². The molecular weight excluding hydrogens is 288 g/mol. The summed E-state index contributed by atoms with van der Waals surface area (Å²) in [6.45, 7) is 10.8. The minimum atomic E-state index is 0.235. The van der Waals surface area contributed by atoms with Crippen molar-refractivity contribution in [3.8, 4) is 0 Å². The molecule has 23 heavy (non-hydrogen) atoms. The molecule has 0 atom stereocenters. The number of piperidine rings is 1. The molecule has 0 radical (unpaired) electrons. The van der Waals surface area contributed by atoms with Crippen LogP contribution in [-0.2, 0) is 4.79 Å². The molecule has 2 saturated heterocycles. The van der Waals surface area contributed by atoms with Crippen molar-refractivity contribution in [2.75, 3.05) is 52.4 Å². The molecular formula is C18H34N4O. The maximum atomic E-state index is 12.3. The van der Waals surface area contributed by atoms with Gasteiger partial charge in [0.2, 0.25) is 5.91 Å². The summed E-state index contributed by atoms with van der Waals surface area (Å²) in [7, 11) is 0. The molecule has 0 bridgehead atoms. The SMILES string of the molecule is CCCN1CCCN(CC(=O)NC2CCN(C3CC3)CC2)CC1. The van der Waals surface area contributed by atoms with Gasteiger partial charge in [-0.05, 0) is 58.2 Å². The van der Waals surface area contributed by atoms with E-state index in [9.17, 15) is 4.79 Å². The van der Waals surface area contributed by atoms with Crippen molar-refractivity contribution >= 4 is 5.91 Å². The number of amides is 1. The molecule has 0 unspecified atom stereocenters. The van der Waals surface area contributed by atoms with Crippen molar-refractivity contribution in [3.63, 3.8) is 0 Å². The monoisotopic (exact) mass is 322 g/mol. The zero-order valence-corrected chi connectivity index (χ0v) is 14.8. The van der Waals surface area contributed by atoms with Gasteiger partial charge in [0.1, 0.15) is 0 Å². The number of likely N-dealkylation sites (tertiary alicyclic amines) is 1. The van der Waals surface area contributed by atoms with Gasteiger partial charge in [-0.3, -0.25) is 9.69 Å². The molecule has 5 nitrogen and oxygen atoms in total. The van der Waals surface area contributed by atoms with Crippen LogP contribution in [0.2, 0.25) is 0 Å². The summed E-state index contributed by atoms with van der Waals surface area (Å²) < 4.78 is 0. The highest BCUT2D eigenvalue weighted by atomic mass is 16.2. The van der Waals surface area contributed by atoms with E-state index in [-0.39, 0.29) is 5.91 Å². The number of carbonyl (C=O) groups is 1. The highest BCUT2D eigenvalue weighted by Crippen LogP contribution is 2.29. The fourth-order valence-corrected chi connectivity index (χ4v) is 4.05. The van der Waals surface area contributed by atoms with Gasteiger partial charge in [-0.2, -0.15) is 0 Å². The normalized spacial score (nSPS) is 26.1. The number of nitrogens with one attached hydrogen (secondary N) is 1. The molecule has 1 aliphatic carbocycles. The van der Waals surface area contributed by atoms with Crippen molar-refractivity contribution in [2.24, 2.45) is 0 Å². The second-order valence-corrected chi connectivity index (χ2v) is 7.58. The molecule has 5 heteroatoms. The van der Waals surface area contributed by atoms with Gasteiger partial charge < -0.3 is 15.1 Å². The summed E-state index contributed by atoms with van der Waals surface area (Å²) in [5, 5.41) is 3.28. The Morgan fingerprint density at radius 1 is 0.957 bits per heavy atom. The van der Waals surface area contributed by atoms with Gasteiger partial charge in [0, 0.05) is 38.3 Å². The van der Waals surface area contributed by atoms with Crippen molar-refractivity contribution in [1.82, 2.24) is 20.0 Å². The number of carbonyl (C=O) groups excluding carboxylic acids is 1. The van der Waals surface area contributed by atoms with E-state index in [1.54, 1.807) is 0 Å². The average molecular weight is 322 g/mol. The molecule has 0 aromatic carbocycles. The van der Waals surface area contributed by atoms with E-state index in [4.69, 9.17) is 0 Å². The predicted octanol–water partition coefficient (Wildman–Crippen LogP) is 1.15. The van der Waals surface area contributed by atoms with Gasteiger partial charge in [0.15, 0.2) is 0 Å². The lowest BCUT2D eigenvalue weighted by Gasteiger charge is -2.32.